The Balaban J connectivity index is 0.000000154. The lowest BCUT2D eigenvalue weighted by Crippen LogP contribution is -1.97. The van der Waals surface area contributed by atoms with Crippen LogP contribution in [0.4, 0.5) is 19.0 Å². The van der Waals surface area contributed by atoms with Crippen molar-refractivity contribution in [1.29, 1.82) is 5.26 Å². The number of aldehydes is 1. The van der Waals surface area contributed by atoms with Crippen molar-refractivity contribution in [2.75, 3.05) is 59.3 Å². The van der Waals surface area contributed by atoms with Crippen molar-refractivity contribution >= 4 is 61.6 Å². The van der Waals surface area contributed by atoms with Gasteiger partial charge < -0.3 is 47.1 Å². The third kappa shape index (κ3) is 12.5. The molecule has 6 heterocycles. The molecule has 0 atom stereocenters. The van der Waals surface area contributed by atoms with E-state index in [1.165, 1.54) is 7.05 Å². The van der Waals surface area contributed by atoms with Gasteiger partial charge in [-0.1, -0.05) is 0 Å². The van der Waals surface area contributed by atoms with Crippen molar-refractivity contribution in [2.24, 2.45) is 0 Å². The van der Waals surface area contributed by atoms with Crippen molar-refractivity contribution in [3.8, 4) is 40.5 Å². The van der Waals surface area contributed by atoms with Gasteiger partial charge in [0.2, 0.25) is 7.05 Å². The molecule has 0 unspecified atom stereocenters. The molecule has 10 rings (SSSR count). The second-order valence-corrected chi connectivity index (χ2v) is 13.7. The number of nitrogens with zero attached hydrogens (tertiary/aromatic N) is 4. The Kier molecular flexibility index (Phi) is 16.9. The van der Waals surface area contributed by atoms with Gasteiger partial charge >= 0.3 is 0 Å². The fraction of sp³-hybridized carbons (Fsp3) is 0.160. The molecule has 0 aliphatic carbocycles. The van der Waals surface area contributed by atoms with Crippen LogP contribution in [0.5, 0.6) is 23.0 Å². The molecule has 4 aromatic carbocycles. The second-order valence-electron chi connectivity index (χ2n) is 13.7. The smallest absolute Gasteiger partial charge is 0.205 e. The summed E-state index contributed by atoms with van der Waals surface area (Å²) in [5.74, 6) is 3.73. The monoisotopic (exact) mass is 913 g/mol. The van der Waals surface area contributed by atoms with Crippen molar-refractivity contribution in [1.82, 2.24) is 9.38 Å². The van der Waals surface area contributed by atoms with Gasteiger partial charge in [0.05, 0.1) is 24.2 Å². The SMILES string of the molecule is CNc1c(-c2cc3cc(OCCF)ccc3o2)nc2cc(C#N)ccn12.FCCOc1ccc2occc2c1.O=Cc1cc2cc(OCCF)ccc2o1.Oc1ccc2occc2c1.[C-]#[N+]C. The molecule has 0 aliphatic rings. The predicted octanol–water partition coefficient (Wildman–Crippen LogP) is 12.1. The maximum Gasteiger partial charge on any atom is 0.205 e. The molecule has 14 nitrogen and oxygen atoms in total. The van der Waals surface area contributed by atoms with E-state index in [0.29, 0.717) is 57.4 Å². The molecule has 0 fully saturated rings. The zero-order valence-electron chi connectivity index (χ0n) is 36.1. The van der Waals surface area contributed by atoms with Gasteiger partial charge in [0, 0.05) is 34.8 Å². The van der Waals surface area contributed by atoms with Gasteiger partial charge in [-0.3, -0.25) is 9.20 Å². The number of hydrogen-bond acceptors (Lipinski definition) is 12. The number of nitriles is 1. The normalized spacial score (nSPS) is 10.3. The summed E-state index contributed by atoms with van der Waals surface area (Å²) < 4.78 is 74.6. The number of phenolic OH excluding ortho intramolecular Hbond substituents is 1. The van der Waals surface area contributed by atoms with Crippen LogP contribution >= 0.6 is 0 Å². The maximum absolute atomic E-state index is 12.3. The number of ether oxygens (including phenoxy) is 3. The van der Waals surface area contributed by atoms with Crippen LogP contribution in [0.2, 0.25) is 0 Å². The second kappa shape index (κ2) is 23.7. The lowest BCUT2D eigenvalue weighted by Gasteiger charge is -2.02. The molecule has 0 spiro atoms. The number of phenols is 1. The number of alkyl halides is 3. The molecule has 0 aliphatic heterocycles. The fourth-order valence-corrected chi connectivity index (χ4v) is 6.40. The first-order valence-corrected chi connectivity index (χ1v) is 20.3. The van der Waals surface area contributed by atoms with Crippen LogP contribution in [0.3, 0.4) is 0 Å². The van der Waals surface area contributed by atoms with E-state index in [1.54, 1.807) is 105 Å². The summed E-state index contributed by atoms with van der Waals surface area (Å²) in [5.41, 5.74) is 4.75. The highest BCUT2D eigenvalue weighted by molar-refractivity contribution is 5.87. The number of anilines is 1. The highest BCUT2D eigenvalue weighted by Crippen LogP contribution is 2.34. The van der Waals surface area contributed by atoms with E-state index < -0.39 is 20.0 Å². The van der Waals surface area contributed by atoms with E-state index in [2.05, 4.69) is 21.2 Å². The van der Waals surface area contributed by atoms with Crippen LogP contribution in [0.15, 0.2) is 146 Å². The number of pyridine rings is 1. The summed E-state index contributed by atoms with van der Waals surface area (Å²) in [4.78, 5) is 17.8. The number of rotatable bonds is 12. The Morgan fingerprint density at radius 1 is 0.731 bits per heavy atom. The summed E-state index contributed by atoms with van der Waals surface area (Å²) in [6, 6.07) is 33.5. The zero-order chi connectivity index (χ0) is 47.5. The number of carbonyl (C=O) groups excluding carboxylic acids is 1. The summed E-state index contributed by atoms with van der Waals surface area (Å²) in [6.07, 6.45) is 5.65. The summed E-state index contributed by atoms with van der Waals surface area (Å²) in [7, 11) is 3.22. The number of furan rings is 4. The van der Waals surface area contributed by atoms with Gasteiger partial charge in [-0.25, -0.2) is 24.7 Å². The topological polar surface area (TPSA) is 175 Å². The molecular formula is C50H42F3N5O9. The Morgan fingerprint density at radius 3 is 1.81 bits per heavy atom. The first-order chi connectivity index (χ1) is 32.7. The largest absolute Gasteiger partial charge is 0.508 e. The van der Waals surface area contributed by atoms with Gasteiger partial charge in [-0.05, 0) is 109 Å². The molecule has 2 N–H and O–H groups in total. The summed E-state index contributed by atoms with van der Waals surface area (Å²) in [6.45, 7) is 4.46. The highest BCUT2D eigenvalue weighted by Gasteiger charge is 2.18. The number of fused-ring (bicyclic) bond motifs is 5. The van der Waals surface area contributed by atoms with Crippen molar-refractivity contribution in [3.05, 3.63) is 151 Å². The Morgan fingerprint density at radius 2 is 1.25 bits per heavy atom. The number of aromatic nitrogens is 2. The van der Waals surface area contributed by atoms with Crippen molar-refractivity contribution in [3.63, 3.8) is 0 Å². The Bertz CT molecular complexity index is 3270. The first kappa shape index (κ1) is 47.6. The number of benzene rings is 4. The third-order valence-electron chi connectivity index (χ3n) is 9.23. The molecule has 342 valence electrons. The van der Waals surface area contributed by atoms with E-state index in [-0.39, 0.29) is 31.3 Å². The molecule has 0 radical (unpaired) electrons. The predicted molar refractivity (Wildman–Crippen MR) is 247 cm³/mol. The molecule has 0 amide bonds. The molecule has 0 bridgehead atoms. The van der Waals surface area contributed by atoms with E-state index in [4.69, 9.17) is 48.8 Å². The standard InChI is InChI=1S/C19H15FN4O2.C11H9FO3.C10H9FO2.C8H6O2.C2H3N/c1-22-19-18(23-17-8-12(11-21)4-6-24(17)19)16-10-13-9-14(25-7-5-20)2-3-15(13)26-16;12-3-4-14-9-1-2-11-8(5-9)6-10(7-13)15-11;11-4-6-12-9-1-2-10-8(7-9)3-5-13-10;9-7-1-2-8-6(5-7)3-4-10-8;1-3-2/h2-4,6,8-10,22H,5,7H2,1H3;1-2,5-7H,3-4H2;1-3,5,7H,4,6H2;1-5,9H;1H3. The van der Waals surface area contributed by atoms with E-state index in [9.17, 15) is 18.0 Å². The lowest BCUT2D eigenvalue weighted by molar-refractivity contribution is 0.110. The minimum absolute atomic E-state index is 0.0216. The van der Waals surface area contributed by atoms with Crippen LogP contribution < -0.4 is 19.5 Å². The average Bonchev–Trinajstić information content (AvgIpc) is 4.21. The third-order valence-corrected chi connectivity index (χ3v) is 9.23. The zero-order valence-corrected chi connectivity index (χ0v) is 36.1. The van der Waals surface area contributed by atoms with Crippen molar-refractivity contribution < 1.29 is 55.0 Å². The van der Waals surface area contributed by atoms with Crippen LogP contribution in [0.1, 0.15) is 16.1 Å². The van der Waals surface area contributed by atoms with Crippen LogP contribution in [-0.2, 0) is 0 Å². The molecule has 0 saturated carbocycles. The number of halogens is 3. The molecule has 17 heteroatoms. The summed E-state index contributed by atoms with van der Waals surface area (Å²) in [5, 5.41) is 24.7. The average molecular weight is 914 g/mol. The fourth-order valence-electron chi connectivity index (χ4n) is 6.40. The quantitative estimate of drug-likeness (QED) is 0.0878. The number of aromatic hydroxyl groups is 1. The van der Waals surface area contributed by atoms with E-state index in [1.807, 2.05) is 34.7 Å². The van der Waals surface area contributed by atoms with Gasteiger partial charge in [-0.15, -0.1) is 0 Å². The summed E-state index contributed by atoms with van der Waals surface area (Å²) >= 11 is 0. The lowest BCUT2D eigenvalue weighted by atomic mass is 10.2. The molecule has 6 aromatic heterocycles. The van der Waals surface area contributed by atoms with E-state index >= 15 is 0 Å². The number of nitrogens with one attached hydrogen (secondary N) is 1. The van der Waals surface area contributed by atoms with Gasteiger partial charge in [0.25, 0.3) is 0 Å². The Labute approximate surface area is 380 Å². The molecule has 67 heavy (non-hydrogen) atoms. The minimum atomic E-state index is -0.536. The number of hydrogen-bond donors (Lipinski definition) is 2. The molecule has 0 saturated heterocycles. The number of carbonyl (C=O) groups is 1. The Hall–Kier alpha value is -8.83. The van der Waals surface area contributed by atoms with E-state index in [0.717, 1.165) is 38.5 Å². The number of imidazole rings is 1. The van der Waals surface area contributed by atoms with Crippen molar-refractivity contribution in [2.45, 2.75) is 0 Å². The molecular weight excluding hydrogens is 872 g/mol. The molecule has 10 aromatic rings. The van der Waals surface area contributed by atoms with Crippen LogP contribution in [-0.4, -0.2) is 74.7 Å². The first-order valence-electron chi connectivity index (χ1n) is 20.3. The highest BCUT2D eigenvalue weighted by atomic mass is 19.1. The van der Waals surface area contributed by atoms with Gasteiger partial charge in [-0.2, -0.15) is 5.26 Å². The van der Waals surface area contributed by atoms with Gasteiger partial charge in [0.15, 0.2) is 17.8 Å². The van der Waals surface area contributed by atoms with Gasteiger partial charge in [0.1, 0.15) is 102 Å². The van der Waals surface area contributed by atoms with Crippen LogP contribution in [0, 0.1) is 17.9 Å². The minimum Gasteiger partial charge on any atom is -0.508 e. The maximum atomic E-state index is 12.3. The van der Waals surface area contributed by atoms with Crippen LogP contribution in [0.25, 0.3) is 65.8 Å².